The van der Waals surface area contributed by atoms with Gasteiger partial charge in [0.1, 0.15) is 17.7 Å². The van der Waals surface area contributed by atoms with E-state index in [1.54, 1.807) is 45.0 Å². The fraction of sp³-hybridized carbons (Fsp3) is 0.571. The first kappa shape index (κ1) is 29.7. The standard InChI is InChI=1S/C28H40N4O5/c1-7-10-18(3)30-25(34)24(20-15-13-19(8-2)14-16-20)32(21-11-9-12-21)26(35)22(17-23(29)33)31-27(36)37-28(4,5)6/h2,13-16,18,21-22,24H,7,9-12,17H2,1,3-6H3,(H2,29,33)(H,30,34)(H,31,36). The summed E-state index contributed by atoms with van der Waals surface area (Å²) in [7, 11) is 0. The zero-order chi connectivity index (χ0) is 27.8. The van der Waals surface area contributed by atoms with Gasteiger partial charge in [-0.25, -0.2) is 4.79 Å². The molecular formula is C28H40N4O5. The summed E-state index contributed by atoms with van der Waals surface area (Å²) in [5.41, 5.74) is 5.84. The summed E-state index contributed by atoms with van der Waals surface area (Å²) in [5, 5.41) is 5.52. The summed E-state index contributed by atoms with van der Waals surface area (Å²) < 4.78 is 5.31. The Morgan fingerprint density at radius 1 is 1.16 bits per heavy atom. The van der Waals surface area contributed by atoms with Gasteiger partial charge < -0.3 is 26.0 Å². The van der Waals surface area contributed by atoms with E-state index in [1.165, 1.54) is 4.90 Å². The molecule has 3 atom stereocenters. The van der Waals surface area contributed by atoms with Crippen molar-refractivity contribution in [3.05, 3.63) is 35.4 Å². The van der Waals surface area contributed by atoms with Gasteiger partial charge in [0.25, 0.3) is 0 Å². The third-order valence-corrected chi connectivity index (χ3v) is 6.15. The normalized spacial score (nSPS) is 15.8. The average molecular weight is 513 g/mol. The Balaban J connectivity index is 2.50. The molecular weight excluding hydrogens is 472 g/mol. The molecule has 2 rings (SSSR count). The lowest BCUT2D eigenvalue weighted by atomic mass is 9.87. The van der Waals surface area contributed by atoms with Gasteiger partial charge >= 0.3 is 6.09 Å². The minimum Gasteiger partial charge on any atom is -0.444 e. The molecule has 1 aromatic rings. The summed E-state index contributed by atoms with van der Waals surface area (Å²) in [6, 6.07) is 4.27. The molecule has 4 N–H and O–H groups in total. The van der Waals surface area contributed by atoms with Crippen LogP contribution in [-0.4, -0.2) is 52.4 Å². The largest absolute Gasteiger partial charge is 0.444 e. The molecule has 0 spiro atoms. The molecule has 3 unspecified atom stereocenters. The highest BCUT2D eigenvalue weighted by Crippen LogP contribution is 2.34. The molecule has 9 nitrogen and oxygen atoms in total. The van der Waals surface area contributed by atoms with Crippen LogP contribution in [0.1, 0.15) is 90.3 Å². The lowest BCUT2D eigenvalue weighted by molar-refractivity contribution is -0.148. The SMILES string of the molecule is C#Cc1ccc(C(C(=O)NC(C)CCC)N(C(=O)C(CC(N)=O)NC(=O)OC(C)(C)C)C2CCC2)cc1. The summed E-state index contributed by atoms with van der Waals surface area (Å²) >= 11 is 0. The van der Waals surface area contributed by atoms with Crippen molar-refractivity contribution >= 4 is 23.8 Å². The van der Waals surface area contributed by atoms with Gasteiger partial charge in [0, 0.05) is 17.6 Å². The van der Waals surface area contributed by atoms with Crippen LogP contribution in [0.25, 0.3) is 0 Å². The van der Waals surface area contributed by atoms with Crippen LogP contribution in [0.15, 0.2) is 24.3 Å². The third kappa shape index (κ3) is 8.81. The fourth-order valence-corrected chi connectivity index (χ4v) is 4.24. The van der Waals surface area contributed by atoms with Gasteiger partial charge in [-0.3, -0.25) is 14.4 Å². The van der Waals surface area contributed by atoms with Crippen molar-refractivity contribution in [1.29, 1.82) is 0 Å². The number of carbonyl (C=O) groups excluding carboxylic acids is 4. The van der Waals surface area contributed by atoms with Gasteiger partial charge in [-0.1, -0.05) is 31.4 Å². The van der Waals surface area contributed by atoms with E-state index in [-0.39, 0.29) is 18.0 Å². The van der Waals surface area contributed by atoms with Gasteiger partial charge in [-0.05, 0) is 71.1 Å². The average Bonchev–Trinajstić information content (AvgIpc) is 2.75. The number of terminal acetylenes is 1. The fourth-order valence-electron chi connectivity index (χ4n) is 4.24. The maximum absolute atomic E-state index is 14.0. The summed E-state index contributed by atoms with van der Waals surface area (Å²) in [6.07, 6.45) is 8.16. The van der Waals surface area contributed by atoms with Crippen molar-refractivity contribution < 1.29 is 23.9 Å². The van der Waals surface area contributed by atoms with Crippen molar-refractivity contribution in [2.75, 3.05) is 0 Å². The molecule has 1 aromatic carbocycles. The van der Waals surface area contributed by atoms with Gasteiger partial charge in [0.15, 0.2) is 0 Å². The number of hydrogen-bond donors (Lipinski definition) is 3. The van der Waals surface area contributed by atoms with Crippen molar-refractivity contribution in [2.24, 2.45) is 5.73 Å². The minimum absolute atomic E-state index is 0.107. The molecule has 1 aliphatic rings. The highest BCUT2D eigenvalue weighted by molar-refractivity contribution is 5.94. The van der Waals surface area contributed by atoms with Crippen LogP contribution in [-0.2, 0) is 19.1 Å². The number of ether oxygens (including phenoxy) is 1. The second-order valence-corrected chi connectivity index (χ2v) is 10.6. The van der Waals surface area contributed by atoms with Crippen molar-refractivity contribution in [2.45, 2.75) is 103 Å². The molecule has 0 heterocycles. The Bertz CT molecular complexity index is 1000. The van der Waals surface area contributed by atoms with Crippen LogP contribution in [0.2, 0.25) is 0 Å². The topological polar surface area (TPSA) is 131 Å². The second-order valence-electron chi connectivity index (χ2n) is 10.6. The summed E-state index contributed by atoms with van der Waals surface area (Å²) in [6.45, 7) is 9.01. The predicted molar refractivity (Wildman–Crippen MR) is 141 cm³/mol. The highest BCUT2D eigenvalue weighted by Gasteiger charge is 2.42. The predicted octanol–water partition coefficient (Wildman–Crippen LogP) is 3.16. The number of hydrogen-bond acceptors (Lipinski definition) is 5. The molecule has 202 valence electrons. The van der Waals surface area contributed by atoms with E-state index in [4.69, 9.17) is 16.9 Å². The zero-order valence-electron chi connectivity index (χ0n) is 22.5. The monoisotopic (exact) mass is 512 g/mol. The molecule has 0 bridgehead atoms. The van der Waals surface area contributed by atoms with E-state index in [1.807, 2.05) is 13.8 Å². The molecule has 0 aliphatic heterocycles. The third-order valence-electron chi connectivity index (χ3n) is 6.15. The van der Waals surface area contributed by atoms with Crippen LogP contribution >= 0.6 is 0 Å². The van der Waals surface area contributed by atoms with E-state index in [0.717, 1.165) is 19.3 Å². The number of primary amides is 1. The molecule has 37 heavy (non-hydrogen) atoms. The highest BCUT2D eigenvalue weighted by atomic mass is 16.6. The Morgan fingerprint density at radius 3 is 2.24 bits per heavy atom. The Morgan fingerprint density at radius 2 is 1.78 bits per heavy atom. The van der Waals surface area contributed by atoms with Crippen LogP contribution < -0.4 is 16.4 Å². The molecule has 0 aromatic heterocycles. The maximum atomic E-state index is 14.0. The van der Waals surface area contributed by atoms with Crippen LogP contribution in [0, 0.1) is 12.3 Å². The van der Waals surface area contributed by atoms with E-state index in [9.17, 15) is 19.2 Å². The number of nitrogens with one attached hydrogen (secondary N) is 2. The molecule has 9 heteroatoms. The number of alkyl carbamates (subject to hydrolysis) is 1. The molecule has 4 amide bonds. The van der Waals surface area contributed by atoms with Crippen molar-refractivity contribution in [1.82, 2.24) is 15.5 Å². The van der Waals surface area contributed by atoms with Crippen LogP contribution in [0.4, 0.5) is 4.79 Å². The first-order valence-electron chi connectivity index (χ1n) is 12.8. The second kappa shape index (κ2) is 13.1. The smallest absolute Gasteiger partial charge is 0.408 e. The maximum Gasteiger partial charge on any atom is 0.408 e. The Kier molecular flexibility index (Phi) is 10.5. The zero-order valence-corrected chi connectivity index (χ0v) is 22.5. The number of amides is 4. The van der Waals surface area contributed by atoms with Gasteiger partial charge in [0.05, 0.1) is 6.42 Å². The van der Waals surface area contributed by atoms with Crippen LogP contribution in [0.3, 0.4) is 0 Å². The summed E-state index contributed by atoms with van der Waals surface area (Å²) in [5.74, 6) is 0.876. The minimum atomic E-state index is -1.29. The van der Waals surface area contributed by atoms with E-state index in [0.29, 0.717) is 24.0 Å². The van der Waals surface area contributed by atoms with Crippen LogP contribution in [0.5, 0.6) is 0 Å². The van der Waals surface area contributed by atoms with E-state index >= 15 is 0 Å². The quantitative estimate of drug-likeness (QED) is 0.392. The Hall–Kier alpha value is -3.54. The molecule has 0 radical (unpaired) electrons. The molecule has 1 saturated carbocycles. The van der Waals surface area contributed by atoms with Gasteiger partial charge in [0.2, 0.25) is 17.7 Å². The number of carbonyl (C=O) groups is 4. The van der Waals surface area contributed by atoms with Gasteiger partial charge in [-0.2, -0.15) is 0 Å². The number of nitrogens with two attached hydrogens (primary N) is 1. The van der Waals surface area contributed by atoms with Crippen molar-refractivity contribution in [3.8, 4) is 12.3 Å². The number of benzene rings is 1. The molecule has 0 saturated heterocycles. The number of nitrogens with zero attached hydrogens (tertiary/aromatic N) is 1. The number of rotatable bonds is 11. The lowest BCUT2D eigenvalue weighted by Crippen LogP contribution is -2.58. The summed E-state index contributed by atoms with van der Waals surface area (Å²) in [4.78, 5) is 53.6. The van der Waals surface area contributed by atoms with E-state index in [2.05, 4.69) is 16.6 Å². The van der Waals surface area contributed by atoms with Crippen molar-refractivity contribution in [3.63, 3.8) is 0 Å². The molecule has 1 aliphatic carbocycles. The lowest BCUT2D eigenvalue weighted by Gasteiger charge is -2.43. The van der Waals surface area contributed by atoms with Gasteiger partial charge in [-0.15, -0.1) is 6.42 Å². The molecule has 1 fully saturated rings. The Labute approximate surface area is 219 Å². The van der Waals surface area contributed by atoms with E-state index < -0.39 is 42.0 Å². The first-order valence-corrected chi connectivity index (χ1v) is 12.8. The first-order chi connectivity index (χ1) is 17.4.